The van der Waals surface area contributed by atoms with Crippen LogP contribution < -0.4 is 20.1 Å². The summed E-state index contributed by atoms with van der Waals surface area (Å²) >= 11 is 0. The van der Waals surface area contributed by atoms with Gasteiger partial charge in [0.1, 0.15) is 11.5 Å². The molecule has 2 amide bonds. The third-order valence-electron chi connectivity index (χ3n) is 4.16. The van der Waals surface area contributed by atoms with E-state index < -0.39 is 0 Å². The zero-order chi connectivity index (χ0) is 20.6. The maximum atomic E-state index is 12.8. The summed E-state index contributed by atoms with van der Waals surface area (Å²) in [5.74, 6) is 0.449. The van der Waals surface area contributed by atoms with Crippen molar-refractivity contribution in [1.29, 1.82) is 0 Å². The molecule has 0 fully saturated rings. The predicted molar refractivity (Wildman–Crippen MR) is 113 cm³/mol. The van der Waals surface area contributed by atoms with Crippen LogP contribution in [0.3, 0.4) is 0 Å². The van der Waals surface area contributed by atoms with E-state index in [0.717, 1.165) is 5.56 Å². The average Bonchev–Trinajstić information content (AvgIpc) is 2.73. The molecule has 0 radical (unpaired) electrons. The van der Waals surface area contributed by atoms with Crippen LogP contribution in [0, 0.1) is 6.92 Å². The fraction of sp³-hybridized carbons (Fsp3) is 0.130. The van der Waals surface area contributed by atoms with Crippen molar-refractivity contribution in [1.82, 2.24) is 0 Å². The molecule has 6 heteroatoms. The van der Waals surface area contributed by atoms with Crippen molar-refractivity contribution >= 4 is 23.2 Å². The van der Waals surface area contributed by atoms with Crippen LogP contribution in [0.4, 0.5) is 11.4 Å². The second kappa shape index (κ2) is 9.41. The highest BCUT2D eigenvalue weighted by molar-refractivity contribution is 6.10. The summed E-state index contributed by atoms with van der Waals surface area (Å²) in [7, 11) is 1.54. The topological polar surface area (TPSA) is 76.7 Å². The lowest BCUT2D eigenvalue weighted by atomic mass is 10.1. The molecule has 3 aromatic carbocycles. The average molecular weight is 390 g/mol. The number of carbonyl (C=O) groups is 2. The Morgan fingerprint density at radius 1 is 0.862 bits per heavy atom. The maximum Gasteiger partial charge on any atom is 0.262 e. The van der Waals surface area contributed by atoms with Gasteiger partial charge in [-0.05, 0) is 48.9 Å². The summed E-state index contributed by atoms with van der Waals surface area (Å²) < 4.78 is 10.8. The Hall–Kier alpha value is -3.80. The number of benzene rings is 3. The molecule has 0 aliphatic rings. The highest BCUT2D eigenvalue weighted by atomic mass is 16.5. The van der Waals surface area contributed by atoms with Gasteiger partial charge in [-0.2, -0.15) is 0 Å². The van der Waals surface area contributed by atoms with Crippen LogP contribution in [0.5, 0.6) is 11.5 Å². The van der Waals surface area contributed by atoms with Gasteiger partial charge in [0.05, 0.1) is 24.0 Å². The number of rotatable bonds is 7. The number of para-hydroxylation sites is 3. The molecule has 148 valence electrons. The van der Waals surface area contributed by atoms with E-state index in [1.165, 1.54) is 7.11 Å². The largest absolute Gasteiger partial charge is 0.495 e. The summed E-state index contributed by atoms with van der Waals surface area (Å²) in [5.41, 5.74) is 2.32. The van der Waals surface area contributed by atoms with Crippen LogP contribution in [-0.4, -0.2) is 25.5 Å². The Morgan fingerprint density at radius 2 is 1.59 bits per heavy atom. The van der Waals surface area contributed by atoms with Crippen molar-refractivity contribution in [2.24, 2.45) is 0 Å². The van der Waals surface area contributed by atoms with Gasteiger partial charge in [0.2, 0.25) is 0 Å². The van der Waals surface area contributed by atoms with E-state index in [2.05, 4.69) is 10.6 Å². The first kappa shape index (κ1) is 19.9. The van der Waals surface area contributed by atoms with Gasteiger partial charge < -0.3 is 20.1 Å². The number of aryl methyl sites for hydroxylation is 1. The monoisotopic (exact) mass is 390 g/mol. The van der Waals surface area contributed by atoms with Crippen molar-refractivity contribution in [2.75, 3.05) is 24.4 Å². The standard InChI is InChI=1S/C23H22N2O4/c1-16-8-7-9-17(14-16)29-15-22(26)24-19-11-4-3-10-18(19)23(27)25-20-12-5-6-13-21(20)28-2/h3-14H,15H2,1-2H3,(H,24,26)(H,25,27). The lowest BCUT2D eigenvalue weighted by Crippen LogP contribution is -2.23. The van der Waals surface area contributed by atoms with Gasteiger partial charge in [0.15, 0.2) is 6.61 Å². The molecule has 0 atom stereocenters. The number of hydrogen-bond donors (Lipinski definition) is 2. The Labute approximate surface area is 169 Å². The smallest absolute Gasteiger partial charge is 0.262 e. The van der Waals surface area contributed by atoms with E-state index in [9.17, 15) is 9.59 Å². The fourth-order valence-electron chi connectivity index (χ4n) is 2.77. The number of carbonyl (C=O) groups excluding carboxylic acids is 2. The summed E-state index contributed by atoms with van der Waals surface area (Å²) in [6.45, 7) is 1.79. The van der Waals surface area contributed by atoms with Gasteiger partial charge in [0.25, 0.3) is 11.8 Å². The molecule has 0 heterocycles. The molecule has 0 saturated heterocycles. The van der Waals surface area contributed by atoms with E-state index in [1.807, 2.05) is 31.2 Å². The first-order chi connectivity index (χ1) is 14.1. The molecule has 0 spiro atoms. The number of methoxy groups -OCH3 is 1. The van der Waals surface area contributed by atoms with Gasteiger partial charge >= 0.3 is 0 Å². The van der Waals surface area contributed by atoms with E-state index in [-0.39, 0.29) is 18.4 Å². The highest BCUT2D eigenvalue weighted by Gasteiger charge is 2.15. The minimum atomic E-state index is -0.357. The molecule has 2 N–H and O–H groups in total. The molecule has 29 heavy (non-hydrogen) atoms. The van der Waals surface area contributed by atoms with Crippen LogP contribution in [0.15, 0.2) is 72.8 Å². The van der Waals surface area contributed by atoms with Crippen molar-refractivity contribution in [3.05, 3.63) is 83.9 Å². The lowest BCUT2D eigenvalue weighted by molar-refractivity contribution is -0.118. The van der Waals surface area contributed by atoms with Crippen LogP contribution in [0.1, 0.15) is 15.9 Å². The molecule has 6 nitrogen and oxygen atoms in total. The van der Waals surface area contributed by atoms with Crippen LogP contribution in [0.2, 0.25) is 0 Å². The van der Waals surface area contributed by atoms with E-state index in [4.69, 9.17) is 9.47 Å². The molecule has 0 saturated carbocycles. The quantitative estimate of drug-likeness (QED) is 0.632. The summed E-state index contributed by atoms with van der Waals surface area (Å²) in [5, 5.41) is 5.54. The summed E-state index contributed by atoms with van der Waals surface area (Å²) in [4.78, 5) is 25.1. The summed E-state index contributed by atoms with van der Waals surface area (Å²) in [6, 6.07) is 21.3. The van der Waals surface area contributed by atoms with Crippen LogP contribution >= 0.6 is 0 Å². The predicted octanol–water partition coefficient (Wildman–Crippen LogP) is 4.27. The van der Waals surface area contributed by atoms with Gasteiger partial charge in [0, 0.05) is 0 Å². The van der Waals surface area contributed by atoms with Crippen LogP contribution in [0.25, 0.3) is 0 Å². The third kappa shape index (κ3) is 5.35. The van der Waals surface area contributed by atoms with Gasteiger partial charge in [-0.15, -0.1) is 0 Å². The number of ether oxygens (including phenoxy) is 2. The molecule has 0 aliphatic carbocycles. The second-order valence-corrected chi connectivity index (χ2v) is 6.35. The van der Waals surface area contributed by atoms with Crippen LogP contribution in [-0.2, 0) is 4.79 Å². The third-order valence-corrected chi connectivity index (χ3v) is 4.16. The SMILES string of the molecule is COc1ccccc1NC(=O)c1ccccc1NC(=O)COc1cccc(C)c1. The first-order valence-corrected chi connectivity index (χ1v) is 9.09. The molecule has 3 aromatic rings. The normalized spacial score (nSPS) is 10.1. The van der Waals surface area contributed by atoms with Gasteiger partial charge in [-0.1, -0.05) is 36.4 Å². The van der Waals surface area contributed by atoms with Crippen molar-refractivity contribution in [3.63, 3.8) is 0 Å². The Balaban J connectivity index is 1.68. The van der Waals surface area contributed by atoms with Gasteiger partial charge in [-0.3, -0.25) is 9.59 Å². The molecule has 0 aromatic heterocycles. The number of hydrogen-bond acceptors (Lipinski definition) is 4. The Bertz CT molecular complexity index is 1020. The van der Waals surface area contributed by atoms with E-state index in [1.54, 1.807) is 48.5 Å². The molecular formula is C23H22N2O4. The first-order valence-electron chi connectivity index (χ1n) is 9.09. The van der Waals surface area contributed by atoms with Crippen molar-refractivity contribution in [3.8, 4) is 11.5 Å². The van der Waals surface area contributed by atoms with Gasteiger partial charge in [-0.25, -0.2) is 0 Å². The minimum absolute atomic E-state index is 0.161. The van der Waals surface area contributed by atoms with E-state index in [0.29, 0.717) is 28.4 Å². The maximum absolute atomic E-state index is 12.8. The molecular weight excluding hydrogens is 368 g/mol. The lowest BCUT2D eigenvalue weighted by Gasteiger charge is -2.13. The fourth-order valence-corrected chi connectivity index (χ4v) is 2.77. The zero-order valence-corrected chi connectivity index (χ0v) is 16.3. The molecule has 0 unspecified atom stereocenters. The summed E-state index contributed by atoms with van der Waals surface area (Å²) in [6.07, 6.45) is 0. The molecule has 3 rings (SSSR count). The minimum Gasteiger partial charge on any atom is -0.495 e. The molecule has 0 aliphatic heterocycles. The second-order valence-electron chi connectivity index (χ2n) is 6.35. The molecule has 0 bridgehead atoms. The number of nitrogens with one attached hydrogen (secondary N) is 2. The number of amides is 2. The van der Waals surface area contributed by atoms with E-state index >= 15 is 0 Å². The Morgan fingerprint density at radius 3 is 2.34 bits per heavy atom. The van der Waals surface area contributed by atoms with Crippen molar-refractivity contribution < 1.29 is 19.1 Å². The zero-order valence-electron chi connectivity index (χ0n) is 16.3. The highest BCUT2D eigenvalue weighted by Crippen LogP contribution is 2.25. The van der Waals surface area contributed by atoms with Crippen molar-refractivity contribution in [2.45, 2.75) is 6.92 Å². The Kier molecular flexibility index (Phi) is 6.47. The number of anilines is 2.